The van der Waals surface area contributed by atoms with Crippen molar-refractivity contribution in [3.63, 3.8) is 0 Å². The minimum atomic E-state index is -0.124. The van der Waals surface area contributed by atoms with Crippen molar-refractivity contribution >= 4 is 17.2 Å². The highest BCUT2D eigenvalue weighted by Gasteiger charge is 2.16. The van der Waals surface area contributed by atoms with Gasteiger partial charge in [-0.05, 0) is 36.6 Å². The van der Waals surface area contributed by atoms with Crippen LogP contribution in [0.15, 0.2) is 47.8 Å². The van der Waals surface area contributed by atoms with E-state index in [-0.39, 0.29) is 5.91 Å². The van der Waals surface area contributed by atoms with E-state index in [1.165, 1.54) is 5.56 Å². The van der Waals surface area contributed by atoms with Gasteiger partial charge in [-0.25, -0.2) is 0 Å². The Morgan fingerprint density at radius 2 is 2.08 bits per heavy atom. The van der Waals surface area contributed by atoms with Gasteiger partial charge in [-0.2, -0.15) is 5.10 Å². The molecule has 0 atom stereocenters. The van der Waals surface area contributed by atoms with Crippen LogP contribution in [0.2, 0.25) is 0 Å². The van der Waals surface area contributed by atoms with E-state index in [0.717, 1.165) is 16.3 Å². The Labute approximate surface area is 144 Å². The summed E-state index contributed by atoms with van der Waals surface area (Å²) in [5.74, 6) is 0.683. The van der Waals surface area contributed by atoms with Gasteiger partial charge in [-0.3, -0.25) is 9.89 Å². The van der Waals surface area contributed by atoms with E-state index in [1.807, 2.05) is 48.7 Å². The molecule has 0 spiro atoms. The molecule has 0 unspecified atom stereocenters. The number of thiophene rings is 1. The predicted molar refractivity (Wildman–Crippen MR) is 95.5 cm³/mol. The first-order valence-electron chi connectivity index (χ1n) is 7.68. The molecule has 0 radical (unpaired) electrons. The third-order valence-electron chi connectivity index (χ3n) is 3.65. The van der Waals surface area contributed by atoms with Crippen LogP contribution in [-0.2, 0) is 0 Å². The van der Waals surface area contributed by atoms with Gasteiger partial charge in [0.15, 0.2) is 5.69 Å². The first-order valence-corrected chi connectivity index (χ1v) is 8.55. The summed E-state index contributed by atoms with van der Waals surface area (Å²) in [4.78, 5) is 15.1. The lowest BCUT2D eigenvalue weighted by molar-refractivity contribution is 0.0768. The number of nitrogens with zero attached hydrogens (tertiary/aromatic N) is 2. The fourth-order valence-corrected chi connectivity index (χ4v) is 2.91. The number of amides is 1. The number of likely N-dealkylation sites (N-methyl/N-ethyl adjacent to an activating group) is 1. The van der Waals surface area contributed by atoms with E-state index in [0.29, 0.717) is 18.8 Å². The molecule has 0 aliphatic heterocycles. The summed E-state index contributed by atoms with van der Waals surface area (Å²) in [7, 11) is 1.75. The van der Waals surface area contributed by atoms with Crippen LogP contribution < -0.4 is 4.74 Å². The highest BCUT2D eigenvalue weighted by Crippen LogP contribution is 2.23. The van der Waals surface area contributed by atoms with Gasteiger partial charge in [-0.1, -0.05) is 23.8 Å². The summed E-state index contributed by atoms with van der Waals surface area (Å²) >= 11 is 1.61. The van der Waals surface area contributed by atoms with Crippen molar-refractivity contribution in [1.29, 1.82) is 0 Å². The van der Waals surface area contributed by atoms with Gasteiger partial charge in [0.2, 0.25) is 0 Å². The molecule has 6 heteroatoms. The number of ether oxygens (including phenoxy) is 1. The van der Waals surface area contributed by atoms with Gasteiger partial charge in [0.25, 0.3) is 5.91 Å². The third-order valence-corrected chi connectivity index (χ3v) is 4.55. The molecule has 1 amide bonds. The van der Waals surface area contributed by atoms with Crippen LogP contribution in [0.3, 0.4) is 0 Å². The number of hydrogen-bond donors (Lipinski definition) is 1. The molecule has 24 heavy (non-hydrogen) atoms. The van der Waals surface area contributed by atoms with Crippen molar-refractivity contribution in [2.75, 3.05) is 20.2 Å². The van der Waals surface area contributed by atoms with E-state index < -0.39 is 0 Å². The van der Waals surface area contributed by atoms with Crippen LogP contribution in [0.1, 0.15) is 16.1 Å². The lowest BCUT2D eigenvalue weighted by Crippen LogP contribution is -2.31. The fourth-order valence-electron chi connectivity index (χ4n) is 2.22. The average molecular weight is 341 g/mol. The monoisotopic (exact) mass is 341 g/mol. The normalized spacial score (nSPS) is 10.6. The number of aromatic nitrogens is 2. The molecule has 2 aromatic heterocycles. The highest BCUT2D eigenvalue weighted by atomic mass is 32.1. The van der Waals surface area contributed by atoms with E-state index in [1.54, 1.807) is 29.4 Å². The number of H-pyrrole nitrogens is 1. The van der Waals surface area contributed by atoms with Crippen LogP contribution in [0.4, 0.5) is 0 Å². The molecule has 5 nitrogen and oxygen atoms in total. The molecule has 3 aromatic rings. The van der Waals surface area contributed by atoms with Crippen molar-refractivity contribution in [2.24, 2.45) is 0 Å². The Kier molecular flexibility index (Phi) is 4.96. The zero-order valence-electron chi connectivity index (χ0n) is 13.7. The Bertz CT molecular complexity index is 794. The molecule has 1 N–H and O–H groups in total. The number of hydrogen-bond acceptors (Lipinski definition) is 4. The zero-order valence-corrected chi connectivity index (χ0v) is 14.5. The minimum absolute atomic E-state index is 0.124. The van der Waals surface area contributed by atoms with E-state index in [4.69, 9.17) is 4.74 Å². The largest absolute Gasteiger partial charge is 0.492 e. The second kappa shape index (κ2) is 7.31. The highest BCUT2D eigenvalue weighted by molar-refractivity contribution is 7.13. The molecule has 124 valence electrons. The van der Waals surface area contributed by atoms with E-state index in [2.05, 4.69) is 10.2 Å². The van der Waals surface area contributed by atoms with Crippen LogP contribution in [-0.4, -0.2) is 41.2 Å². The third kappa shape index (κ3) is 3.83. The van der Waals surface area contributed by atoms with Crippen LogP contribution in [0.5, 0.6) is 5.75 Å². The second-order valence-electron chi connectivity index (χ2n) is 5.53. The molecular formula is C18H19N3O2S. The predicted octanol–water partition coefficient (Wildman–Crippen LogP) is 3.60. The van der Waals surface area contributed by atoms with Gasteiger partial charge in [0.05, 0.1) is 17.1 Å². The summed E-state index contributed by atoms with van der Waals surface area (Å²) in [5, 5.41) is 9.02. The molecule has 2 heterocycles. The molecule has 0 saturated heterocycles. The van der Waals surface area contributed by atoms with Crippen molar-refractivity contribution in [3.05, 3.63) is 59.1 Å². The Balaban J connectivity index is 1.54. The van der Waals surface area contributed by atoms with Crippen LogP contribution >= 0.6 is 11.3 Å². The van der Waals surface area contributed by atoms with Gasteiger partial charge in [0.1, 0.15) is 12.4 Å². The van der Waals surface area contributed by atoms with Gasteiger partial charge >= 0.3 is 0 Å². The van der Waals surface area contributed by atoms with Crippen molar-refractivity contribution in [1.82, 2.24) is 15.1 Å². The quantitative estimate of drug-likeness (QED) is 0.745. The molecule has 0 bridgehead atoms. The van der Waals surface area contributed by atoms with Gasteiger partial charge < -0.3 is 9.64 Å². The molecular weight excluding hydrogens is 322 g/mol. The van der Waals surface area contributed by atoms with Crippen molar-refractivity contribution < 1.29 is 9.53 Å². The Hall–Kier alpha value is -2.60. The van der Waals surface area contributed by atoms with Crippen LogP contribution in [0, 0.1) is 6.92 Å². The summed E-state index contributed by atoms with van der Waals surface area (Å²) in [6.07, 6.45) is 0. The van der Waals surface area contributed by atoms with Gasteiger partial charge in [0, 0.05) is 7.05 Å². The van der Waals surface area contributed by atoms with Crippen molar-refractivity contribution in [2.45, 2.75) is 6.92 Å². The molecule has 0 aliphatic rings. The zero-order chi connectivity index (χ0) is 16.9. The summed E-state index contributed by atoms with van der Waals surface area (Å²) in [5.41, 5.74) is 2.46. The molecule has 1 aromatic carbocycles. The maximum absolute atomic E-state index is 12.4. The van der Waals surface area contributed by atoms with Crippen LogP contribution in [0.25, 0.3) is 10.6 Å². The summed E-state index contributed by atoms with van der Waals surface area (Å²) < 4.78 is 5.66. The molecule has 0 aliphatic carbocycles. The first-order chi connectivity index (χ1) is 11.6. The van der Waals surface area contributed by atoms with Crippen molar-refractivity contribution in [3.8, 4) is 16.3 Å². The molecule has 3 rings (SSSR count). The number of carbonyl (C=O) groups excluding carboxylic acids is 1. The first kappa shape index (κ1) is 16.3. The molecule has 0 saturated carbocycles. The lowest BCUT2D eigenvalue weighted by atomic mass is 10.2. The van der Waals surface area contributed by atoms with Gasteiger partial charge in [-0.15, -0.1) is 11.3 Å². The second-order valence-corrected chi connectivity index (χ2v) is 6.48. The minimum Gasteiger partial charge on any atom is -0.492 e. The van der Waals surface area contributed by atoms with E-state index >= 15 is 0 Å². The van der Waals surface area contributed by atoms with E-state index in [9.17, 15) is 4.79 Å². The maximum Gasteiger partial charge on any atom is 0.274 e. The SMILES string of the molecule is Cc1ccc(OCCN(C)C(=O)c2cc(-c3cccs3)[nH]n2)cc1. The number of carbonyl (C=O) groups is 1. The summed E-state index contributed by atoms with van der Waals surface area (Å²) in [6, 6.07) is 13.6. The number of aromatic amines is 1. The number of nitrogens with one attached hydrogen (secondary N) is 1. The Morgan fingerprint density at radius 1 is 1.29 bits per heavy atom. The topological polar surface area (TPSA) is 58.2 Å². The summed E-state index contributed by atoms with van der Waals surface area (Å²) in [6.45, 7) is 2.96. The number of rotatable bonds is 6. The smallest absolute Gasteiger partial charge is 0.274 e. The standard InChI is InChI=1S/C18H19N3O2S/c1-13-5-7-14(8-6-13)23-10-9-21(2)18(22)16-12-15(19-20-16)17-4-3-11-24-17/h3-8,11-12H,9-10H2,1-2H3,(H,19,20). The number of benzene rings is 1. The average Bonchev–Trinajstić information content (AvgIpc) is 3.27. The Morgan fingerprint density at radius 3 is 2.79 bits per heavy atom. The maximum atomic E-state index is 12.4. The number of aryl methyl sites for hydroxylation is 1. The molecule has 0 fully saturated rings. The fraction of sp³-hybridized carbons (Fsp3) is 0.222. The lowest BCUT2D eigenvalue weighted by Gasteiger charge is -2.16.